The molecule has 0 N–H and O–H groups in total. The number of hydrogen-bond acceptors (Lipinski definition) is 9. The number of thioether (sulfide) groups is 1. The lowest BCUT2D eigenvalue weighted by atomic mass is 10.1. The Hall–Kier alpha value is -3.54. The second-order valence-corrected chi connectivity index (χ2v) is 9.40. The van der Waals surface area contributed by atoms with Crippen LogP contribution in [0.5, 0.6) is 17.4 Å². The first kappa shape index (κ1) is 26.5. The molecule has 196 valence electrons. The van der Waals surface area contributed by atoms with Crippen LogP contribution in [-0.2, 0) is 17.2 Å². The summed E-state index contributed by atoms with van der Waals surface area (Å²) in [4.78, 5) is 20.3. The molecule has 0 radical (unpaired) electrons. The molecule has 0 unspecified atom stereocenters. The highest BCUT2D eigenvalue weighted by atomic mass is 32.2. The first-order chi connectivity index (χ1) is 17.9. The van der Waals surface area contributed by atoms with E-state index in [-0.39, 0.29) is 12.4 Å². The summed E-state index contributed by atoms with van der Waals surface area (Å²) in [6, 6.07) is 15.4. The highest BCUT2D eigenvalue weighted by Crippen LogP contribution is 2.34. The molecule has 0 saturated carbocycles. The van der Waals surface area contributed by atoms with Crippen LogP contribution in [-0.4, -0.2) is 72.6 Å². The van der Waals surface area contributed by atoms with Crippen molar-refractivity contribution >= 4 is 17.4 Å². The fourth-order valence-electron chi connectivity index (χ4n) is 3.65. The molecule has 0 aliphatic carbocycles. The van der Waals surface area contributed by atoms with Gasteiger partial charge >= 0.3 is 5.69 Å². The molecule has 2 aromatic heterocycles. The smallest absolute Gasteiger partial charge is 0.354 e. The largest absolute Gasteiger partial charge is 0.497 e. The van der Waals surface area contributed by atoms with Gasteiger partial charge in [-0.2, -0.15) is 4.52 Å². The molecule has 4 rings (SSSR count). The van der Waals surface area contributed by atoms with Crippen LogP contribution < -0.4 is 19.9 Å². The Labute approximate surface area is 219 Å². The average Bonchev–Trinajstić information content (AvgIpc) is 3.28. The minimum absolute atomic E-state index is 0.0449. The standard InChI is InChI=1S/C26H31N5O5S/c1-29(2)14-15-36-21-12-8-19(9-13-21)22-23-27-25(37-16-18-6-10-20(34-4)11-7-18)30(17-33-3)26(32)31(23)28-24(22)35-5/h6-13H,14-17H2,1-5H3. The van der Waals surface area contributed by atoms with Gasteiger partial charge in [0.2, 0.25) is 5.88 Å². The highest BCUT2D eigenvalue weighted by molar-refractivity contribution is 7.98. The maximum absolute atomic E-state index is 13.4. The van der Waals surface area contributed by atoms with E-state index in [0.717, 1.165) is 29.2 Å². The van der Waals surface area contributed by atoms with Gasteiger partial charge in [0.05, 0.1) is 19.8 Å². The van der Waals surface area contributed by atoms with Gasteiger partial charge in [0.1, 0.15) is 24.8 Å². The number of likely N-dealkylation sites (N-methyl/N-ethyl adjacent to an activating group) is 1. The normalized spacial score (nSPS) is 11.3. The zero-order valence-corrected chi connectivity index (χ0v) is 22.4. The van der Waals surface area contributed by atoms with Crippen molar-refractivity contribution < 1.29 is 18.9 Å². The Morgan fingerprint density at radius 3 is 2.27 bits per heavy atom. The fraction of sp³-hybridized carbons (Fsp3) is 0.346. The summed E-state index contributed by atoms with van der Waals surface area (Å²) in [6.07, 6.45) is 0. The molecule has 2 heterocycles. The van der Waals surface area contributed by atoms with Crippen molar-refractivity contribution in [3.63, 3.8) is 0 Å². The summed E-state index contributed by atoms with van der Waals surface area (Å²) in [6.45, 7) is 1.45. The first-order valence-corrected chi connectivity index (χ1v) is 12.6. The van der Waals surface area contributed by atoms with Crippen molar-refractivity contribution in [2.45, 2.75) is 17.6 Å². The van der Waals surface area contributed by atoms with Crippen molar-refractivity contribution in [3.05, 3.63) is 64.6 Å². The molecule has 37 heavy (non-hydrogen) atoms. The number of fused-ring (bicyclic) bond motifs is 1. The summed E-state index contributed by atoms with van der Waals surface area (Å²) in [5.41, 5.74) is 2.56. The number of hydrogen-bond donors (Lipinski definition) is 0. The third kappa shape index (κ3) is 6.07. The quantitative estimate of drug-likeness (QED) is 0.258. The van der Waals surface area contributed by atoms with Crippen LogP contribution >= 0.6 is 11.8 Å². The lowest BCUT2D eigenvalue weighted by Crippen LogP contribution is -2.30. The van der Waals surface area contributed by atoms with E-state index in [2.05, 4.69) is 10.00 Å². The Morgan fingerprint density at radius 1 is 0.946 bits per heavy atom. The zero-order chi connectivity index (χ0) is 26.4. The molecule has 0 aliphatic heterocycles. The molecule has 0 saturated heterocycles. The van der Waals surface area contributed by atoms with Crippen molar-refractivity contribution in [2.75, 3.05) is 48.6 Å². The number of ether oxygens (including phenoxy) is 4. The number of nitrogens with zero attached hydrogens (tertiary/aromatic N) is 5. The second kappa shape index (κ2) is 12.1. The third-order valence-corrected chi connectivity index (χ3v) is 6.65. The molecular weight excluding hydrogens is 494 g/mol. The van der Waals surface area contributed by atoms with Crippen LogP contribution in [0.15, 0.2) is 58.5 Å². The molecular formula is C26H31N5O5S. The topological polar surface area (TPSA) is 92.3 Å². The van der Waals surface area contributed by atoms with Crippen LogP contribution in [0.2, 0.25) is 0 Å². The van der Waals surface area contributed by atoms with E-state index in [0.29, 0.717) is 34.6 Å². The van der Waals surface area contributed by atoms with Gasteiger partial charge < -0.3 is 23.8 Å². The maximum Gasteiger partial charge on any atom is 0.354 e. The number of methoxy groups -OCH3 is 3. The summed E-state index contributed by atoms with van der Waals surface area (Å²) in [5, 5.41) is 4.92. The average molecular weight is 526 g/mol. The summed E-state index contributed by atoms with van der Waals surface area (Å²) >= 11 is 1.44. The molecule has 0 amide bonds. The van der Waals surface area contributed by atoms with Crippen LogP contribution in [0.4, 0.5) is 0 Å². The molecule has 0 spiro atoms. The predicted octanol–water partition coefficient (Wildman–Crippen LogP) is 3.41. The van der Waals surface area contributed by atoms with Gasteiger partial charge in [0.15, 0.2) is 10.8 Å². The molecule has 10 nitrogen and oxygen atoms in total. The van der Waals surface area contributed by atoms with Gasteiger partial charge in [-0.1, -0.05) is 36.0 Å². The van der Waals surface area contributed by atoms with Gasteiger partial charge in [-0.3, -0.25) is 0 Å². The van der Waals surface area contributed by atoms with E-state index in [1.807, 2.05) is 62.6 Å². The van der Waals surface area contributed by atoms with Gasteiger partial charge in [-0.15, -0.1) is 5.10 Å². The minimum atomic E-state index is -0.364. The van der Waals surface area contributed by atoms with E-state index >= 15 is 0 Å². The zero-order valence-electron chi connectivity index (χ0n) is 21.6. The highest BCUT2D eigenvalue weighted by Gasteiger charge is 2.22. The van der Waals surface area contributed by atoms with Crippen LogP contribution in [0.25, 0.3) is 16.8 Å². The van der Waals surface area contributed by atoms with Crippen molar-refractivity contribution in [1.29, 1.82) is 0 Å². The monoisotopic (exact) mass is 525 g/mol. The van der Waals surface area contributed by atoms with Crippen molar-refractivity contribution in [3.8, 4) is 28.5 Å². The van der Waals surface area contributed by atoms with Crippen LogP contribution in [0, 0.1) is 0 Å². The third-order valence-electron chi connectivity index (χ3n) is 5.60. The lowest BCUT2D eigenvalue weighted by Gasteiger charge is -2.12. The summed E-state index contributed by atoms with van der Waals surface area (Å²) in [5.74, 6) is 2.46. The predicted molar refractivity (Wildman–Crippen MR) is 143 cm³/mol. The molecule has 11 heteroatoms. The molecule has 4 aromatic rings. The maximum atomic E-state index is 13.4. The molecule has 0 bridgehead atoms. The summed E-state index contributed by atoms with van der Waals surface area (Å²) in [7, 11) is 8.69. The van der Waals surface area contributed by atoms with Crippen molar-refractivity contribution in [1.82, 2.24) is 24.1 Å². The fourth-order valence-corrected chi connectivity index (χ4v) is 4.58. The molecule has 0 fully saturated rings. The van der Waals surface area contributed by atoms with E-state index < -0.39 is 0 Å². The van der Waals surface area contributed by atoms with Gasteiger partial charge in [0, 0.05) is 19.4 Å². The van der Waals surface area contributed by atoms with E-state index in [1.54, 1.807) is 7.11 Å². The van der Waals surface area contributed by atoms with Crippen molar-refractivity contribution in [2.24, 2.45) is 0 Å². The number of benzene rings is 2. The molecule has 2 aromatic carbocycles. The van der Waals surface area contributed by atoms with Gasteiger partial charge in [0.25, 0.3) is 0 Å². The van der Waals surface area contributed by atoms with E-state index in [4.69, 9.17) is 23.9 Å². The van der Waals surface area contributed by atoms with Crippen LogP contribution in [0.1, 0.15) is 5.56 Å². The number of aromatic nitrogens is 4. The lowest BCUT2D eigenvalue weighted by molar-refractivity contribution is 0.117. The Bertz CT molecular complexity index is 1380. The molecule has 0 atom stereocenters. The van der Waals surface area contributed by atoms with E-state index in [9.17, 15) is 4.79 Å². The SMILES string of the molecule is COCn1c(SCc2ccc(OC)cc2)nc2c(-c3ccc(OCCN(C)C)cc3)c(OC)nn2c1=O. The Morgan fingerprint density at radius 2 is 1.65 bits per heavy atom. The minimum Gasteiger partial charge on any atom is -0.497 e. The number of rotatable bonds is 12. The molecule has 0 aliphatic rings. The summed E-state index contributed by atoms with van der Waals surface area (Å²) < 4.78 is 24.6. The van der Waals surface area contributed by atoms with Crippen LogP contribution in [0.3, 0.4) is 0 Å². The van der Waals surface area contributed by atoms with E-state index in [1.165, 1.54) is 35.1 Å². The van der Waals surface area contributed by atoms with Gasteiger partial charge in [-0.05, 0) is 49.5 Å². The van der Waals surface area contributed by atoms with Gasteiger partial charge in [-0.25, -0.2) is 14.3 Å². The Kier molecular flexibility index (Phi) is 8.70. The second-order valence-electron chi connectivity index (χ2n) is 8.46. The Balaban J connectivity index is 1.70. The first-order valence-electron chi connectivity index (χ1n) is 11.6.